The number of hydrogen-bond donors (Lipinski definition) is 2. The minimum absolute atomic E-state index is 0.235. The fraction of sp³-hybridized carbons (Fsp3) is 0.0769. The predicted molar refractivity (Wildman–Crippen MR) is 64.5 cm³/mol. The zero-order valence-electron chi connectivity index (χ0n) is 9.43. The van der Waals surface area contributed by atoms with E-state index in [1.807, 2.05) is 0 Å². The molecule has 0 bridgehead atoms. The number of carbonyl (C=O) groups excluding carboxylic acids is 1. The third-order valence-corrected chi connectivity index (χ3v) is 2.32. The Morgan fingerprint density at radius 2 is 2.17 bits per heavy atom. The van der Waals surface area contributed by atoms with Gasteiger partial charge in [-0.1, -0.05) is 6.07 Å². The lowest BCUT2D eigenvalue weighted by molar-refractivity contribution is 0.102. The third-order valence-electron chi connectivity index (χ3n) is 2.32. The van der Waals surface area contributed by atoms with Crippen molar-refractivity contribution in [3.05, 3.63) is 59.7 Å². The Hall–Kier alpha value is -2.27. The van der Waals surface area contributed by atoms with Crippen molar-refractivity contribution >= 4 is 11.6 Å². The number of amides is 1. The van der Waals surface area contributed by atoms with Gasteiger partial charge in [-0.15, -0.1) is 0 Å². The highest BCUT2D eigenvalue weighted by atomic mass is 19.1. The van der Waals surface area contributed by atoms with Gasteiger partial charge in [-0.3, -0.25) is 9.78 Å². The van der Waals surface area contributed by atoms with Crippen LogP contribution in [0.2, 0.25) is 0 Å². The molecular weight excluding hydrogens is 235 g/mol. The second-order valence-corrected chi connectivity index (χ2v) is 3.66. The molecule has 0 aliphatic rings. The Morgan fingerprint density at radius 1 is 1.33 bits per heavy atom. The summed E-state index contributed by atoms with van der Waals surface area (Å²) in [7, 11) is 0. The van der Waals surface area contributed by atoms with Crippen molar-refractivity contribution in [3.8, 4) is 0 Å². The van der Waals surface area contributed by atoms with Crippen molar-refractivity contribution in [3.63, 3.8) is 0 Å². The first-order valence-electron chi connectivity index (χ1n) is 5.32. The number of aliphatic hydroxyl groups excluding tert-OH is 1. The molecule has 1 amide bonds. The van der Waals surface area contributed by atoms with Crippen molar-refractivity contribution in [1.29, 1.82) is 0 Å². The van der Waals surface area contributed by atoms with Crippen molar-refractivity contribution in [2.45, 2.75) is 6.61 Å². The number of aromatic nitrogens is 1. The van der Waals surface area contributed by atoms with Gasteiger partial charge in [0.1, 0.15) is 5.82 Å². The Kier molecular flexibility index (Phi) is 3.64. The van der Waals surface area contributed by atoms with Crippen LogP contribution < -0.4 is 5.32 Å². The van der Waals surface area contributed by atoms with E-state index in [2.05, 4.69) is 10.3 Å². The van der Waals surface area contributed by atoms with E-state index in [4.69, 9.17) is 5.11 Å². The molecule has 0 fully saturated rings. The summed E-state index contributed by atoms with van der Waals surface area (Å²) in [4.78, 5) is 15.7. The summed E-state index contributed by atoms with van der Waals surface area (Å²) in [5, 5.41) is 11.5. The van der Waals surface area contributed by atoms with Crippen LogP contribution in [0, 0.1) is 5.82 Å². The largest absolute Gasteiger partial charge is 0.390 e. The Bertz CT molecular complexity index is 572. The lowest BCUT2D eigenvalue weighted by Gasteiger charge is -2.05. The molecule has 1 heterocycles. The first-order chi connectivity index (χ1) is 8.69. The number of nitrogens with zero attached hydrogens (tertiary/aromatic N) is 1. The Balaban J connectivity index is 2.16. The van der Waals surface area contributed by atoms with E-state index in [9.17, 15) is 9.18 Å². The maximum absolute atomic E-state index is 12.9. The normalized spacial score (nSPS) is 10.1. The molecule has 0 aliphatic heterocycles. The Labute approximate surface area is 103 Å². The highest BCUT2D eigenvalue weighted by molar-refractivity contribution is 6.04. The minimum Gasteiger partial charge on any atom is -0.390 e. The summed E-state index contributed by atoms with van der Waals surface area (Å²) >= 11 is 0. The summed E-state index contributed by atoms with van der Waals surface area (Å²) in [6.07, 6.45) is 1.44. The average molecular weight is 246 g/mol. The van der Waals surface area contributed by atoms with Gasteiger partial charge >= 0.3 is 0 Å². The van der Waals surface area contributed by atoms with Gasteiger partial charge in [-0.25, -0.2) is 4.39 Å². The summed E-state index contributed by atoms with van der Waals surface area (Å²) in [6, 6.07) is 8.63. The molecule has 0 spiro atoms. The monoisotopic (exact) mass is 246 g/mol. The van der Waals surface area contributed by atoms with E-state index in [0.717, 1.165) is 0 Å². The summed E-state index contributed by atoms with van der Waals surface area (Å²) in [6.45, 7) is -0.235. The van der Waals surface area contributed by atoms with E-state index < -0.39 is 5.82 Å². The summed E-state index contributed by atoms with van der Waals surface area (Å²) in [5.74, 6) is -0.795. The molecule has 2 rings (SSSR count). The molecule has 1 aromatic heterocycles. The number of benzene rings is 1. The second kappa shape index (κ2) is 5.37. The highest BCUT2D eigenvalue weighted by Crippen LogP contribution is 2.11. The van der Waals surface area contributed by atoms with Crippen LogP contribution in [0.4, 0.5) is 10.1 Å². The quantitative estimate of drug-likeness (QED) is 0.870. The van der Waals surface area contributed by atoms with Crippen LogP contribution in [0.15, 0.2) is 42.6 Å². The first-order valence-corrected chi connectivity index (χ1v) is 5.32. The number of anilines is 1. The molecule has 5 heteroatoms. The molecule has 0 aliphatic carbocycles. The van der Waals surface area contributed by atoms with Crippen LogP contribution in [-0.4, -0.2) is 16.0 Å². The lowest BCUT2D eigenvalue weighted by Crippen LogP contribution is -2.12. The number of pyridine rings is 1. The zero-order valence-corrected chi connectivity index (χ0v) is 9.43. The number of hydrogen-bond acceptors (Lipinski definition) is 3. The molecule has 1 aromatic carbocycles. The van der Waals surface area contributed by atoms with Crippen molar-refractivity contribution < 1.29 is 14.3 Å². The summed E-state index contributed by atoms with van der Waals surface area (Å²) in [5.41, 5.74) is 1.14. The number of carbonyl (C=O) groups is 1. The molecule has 18 heavy (non-hydrogen) atoms. The van der Waals surface area contributed by atoms with Gasteiger partial charge in [0, 0.05) is 17.4 Å². The Morgan fingerprint density at radius 3 is 2.89 bits per heavy atom. The lowest BCUT2D eigenvalue weighted by atomic mass is 10.2. The topological polar surface area (TPSA) is 62.2 Å². The fourth-order valence-electron chi connectivity index (χ4n) is 1.48. The molecule has 0 saturated carbocycles. The standard InChI is InChI=1S/C13H11FN2O2/c14-10-2-1-3-11(7-10)16-13(18)9-4-5-15-12(6-9)8-17/h1-7,17H,8H2,(H,16,18). The maximum Gasteiger partial charge on any atom is 0.255 e. The van der Waals surface area contributed by atoms with Gasteiger partial charge in [0.2, 0.25) is 0 Å². The van der Waals surface area contributed by atoms with Gasteiger partial charge in [-0.2, -0.15) is 0 Å². The van der Waals surface area contributed by atoms with Crippen molar-refractivity contribution in [2.75, 3.05) is 5.32 Å². The van der Waals surface area contributed by atoms with Gasteiger partial charge in [-0.05, 0) is 30.3 Å². The molecule has 0 saturated heterocycles. The first kappa shape index (κ1) is 12.2. The number of halogens is 1. The second-order valence-electron chi connectivity index (χ2n) is 3.66. The maximum atomic E-state index is 12.9. The van der Waals surface area contributed by atoms with Gasteiger partial charge in [0.05, 0.1) is 12.3 Å². The molecule has 0 unspecified atom stereocenters. The molecule has 0 atom stereocenters. The van der Waals surface area contributed by atoms with E-state index in [1.165, 1.54) is 36.5 Å². The van der Waals surface area contributed by atoms with Gasteiger partial charge < -0.3 is 10.4 Å². The highest BCUT2D eigenvalue weighted by Gasteiger charge is 2.07. The van der Waals surface area contributed by atoms with Crippen LogP contribution in [0.5, 0.6) is 0 Å². The minimum atomic E-state index is -0.418. The molecule has 2 aromatic rings. The molecular formula is C13H11FN2O2. The van der Waals surface area contributed by atoms with Crippen LogP contribution in [0.1, 0.15) is 16.1 Å². The molecule has 0 radical (unpaired) electrons. The van der Waals surface area contributed by atoms with Crippen LogP contribution in [0.3, 0.4) is 0 Å². The van der Waals surface area contributed by atoms with E-state index >= 15 is 0 Å². The van der Waals surface area contributed by atoms with Gasteiger partial charge in [0.15, 0.2) is 0 Å². The van der Waals surface area contributed by atoms with Crippen LogP contribution in [-0.2, 0) is 6.61 Å². The van der Waals surface area contributed by atoms with Crippen LogP contribution >= 0.6 is 0 Å². The molecule has 4 nitrogen and oxygen atoms in total. The summed E-state index contributed by atoms with van der Waals surface area (Å²) < 4.78 is 12.9. The average Bonchev–Trinajstić information content (AvgIpc) is 2.39. The smallest absolute Gasteiger partial charge is 0.255 e. The number of rotatable bonds is 3. The van der Waals surface area contributed by atoms with E-state index in [0.29, 0.717) is 16.9 Å². The zero-order chi connectivity index (χ0) is 13.0. The van der Waals surface area contributed by atoms with Crippen molar-refractivity contribution in [2.24, 2.45) is 0 Å². The van der Waals surface area contributed by atoms with Gasteiger partial charge in [0.25, 0.3) is 5.91 Å². The van der Waals surface area contributed by atoms with E-state index in [-0.39, 0.29) is 12.5 Å². The molecule has 2 N–H and O–H groups in total. The number of nitrogens with one attached hydrogen (secondary N) is 1. The number of aliphatic hydroxyl groups is 1. The molecule has 92 valence electrons. The fourth-order valence-corrected chi connectivity index (χ4v) is 1.48. The van der Waals surface area contributed by atoms with E-state index in [1.54, 1.807) is 6.07 Å². The van der Waals surface area contributed by atoms with Crippen molar-refractivity contribution in [1.82, 2.24) is 4.98 Å². The predicted octanol–water partition coefficient (Wildman–Crippen LogP) is 1.97. The third kappa shape index (κ3) is 2.89. The SMILES string of the molecule is O=C(Nc1cccc(F)c1)c1ccnc(CO)c1. The van der Waals surface area contributed by atoms with Crippen LogP contribution in [0.25, 0.3) is 0 Å².